The van der Waals surface area contributed by atoms with E-state index in [0.29, 0.717) is 5.41 Å². The zero-order chi connectivity index (χ0) is 14.8. The van der Waals surface area contributed by atoms with Crippen molar-refractivity contribution in [1.82, 2.24) is 5.32 Å². The molecule has 20 heavy (non-hydrogen) atoms. The summed E-state index contributed by atoms with van der Waals surface area (Å²) in [6.45, 7) is 5.34. The fourth-order valence-electron chi connectivity index (χ4n) is 2.88. The summed E-state index contributed by atoms with van der Waals surface area (Å²) in [5, 5.41) is 8.70. The minimum Gasteiger partial charge on any atom is -0.310 e. The highest BCUT2D eigenvalue weighted by atomic mass is 32.2. The van der Waals surface area contributed by atoms with Crippen LogP contribution < -0.4 is 10.5 Å². The maximum atomic E-state index is 11.4. The van der Waals surface area contributed by atoms with Gasteiger partial charge in [-0.2, -0.15) is 0 Å². The van der Waals surface area contributed by atoms with E-state index in [-0.39, 0.29) is 10.9 Å². The Hall–Kier alpha value is -0.910. The first kappa shape index (κ1) is 15.5. The summed E-state index contributed by atoms with van der Waals surface area (Å²) in [5.41, 5.74) is 1.34. The SMILES string of the molecule is CC(NCC1(C)CCCC1)c1cccc(S(N)(=O)=O)c1. The molecule has 112 valence electrons. The molecule has 5 heteroatoms. The van der Waals surface area contributed by atoms with E-state index in [1.807, 2.05) is 6.07 Å². The summed E-state index contributed by atoms with van der Waals surface area (Å²) < 4.78 is 22.8. The molecule has 0 bridgehead atoms. The third-order valence-corrected chi connectivity index (χ3v) is 5.24. The molecule has 1 aromatic carbocycles. The summed E-state index contributed by atoms with van der Waals surface area (Å²) in [6.07, 6.45) is 5.16. The van der Waals surface area contributed by atoms with Crippen molar-refractivity contribution < 1.29 is 8.42 Å². The lowest BCUT2D eigenvalue weighted by atomic mass is 9.88. The number of hydrogen-bond acceptors (Lipinski definition) is 3. The van der Waals surface area contributed by atoms with Crippen LogP contribution in [0.4, 0.5) is 0 Å². The molecule has 0 saturated heterocycles. The van der Waals surface area contributed by atoms with Crippen LogP contribution in [0.3, 0.4) is 0 Å². The molecule has 0 aliphatic heterocycles. The first-order valence-corrected chi connectivity index (χ1v) is 8.71. The predicted molar refractivity (Wildman–Crippen MR) is 80.8 cm³/mol. The number of nitrogens with one attached hydrogen (secondary N) is 1. The van der Waals surface area contributed by atoms with Gasteiger partial charge in [0.25, 0.3) is 0 Å². The van der Waals surface area contributed by atoms with E-state index in [0.717, 1.165) is 12.1 Å². The van der Waals surface area contributed by atoms with Crippen LogP contribution >= 0.6 is 0 Å². The zero-order valence-corrected chi connectivity index (χ0v) is 13.0. The van der Waals surface area contributed by atoms with E-state index in [2.05, 4.69) is 19.2 Å². The molecule has 4 nitrogen and oxygen atoms in total. The third-order valence-electron chi connectivity index (χ3n) is 4.33. The Labute approximate surface area is 121 Å². The smallest absolute Gasteiger partial charge is 0.238 e. The maximum absolute atomic E-state index is 11.4. The highest BCUT2D eigenvalue weighted by Crippen LogP contribution is 2.37. The summed E-state index contributed by atoms with van der Waals surface area (Å²) in [5.74, 6) is 0. The molecule has 3 N–H and O–H groups in total. The molecular formula is C15H24N2O2S. The number of nitrogens with two attached hydrogens (primary N) is 1. The summed E-state index contributed by atoms with van der Waals surface area (Å²) in [4.78, 5) is 0.177. The zero-order valence-electron chi connectivity index (χ0n) is 12.2. The Morgan fingerprint density at radius 2 is 2.00 bits per heavy atom. The van der Waals surface area contributed by atoms with Gasteiger partial charge < -0.3 is 5.32 Å². The fraction of sp³-hybridized carbons (Fsp3) is 0.600. The second-order valence-corrected chi connectivity index (χ2v) is 7.80. The van der Waals surface area contributed by atoms with E-state index in [9.17, 15) is 8.42 Å². The van der Waals surface area contributed by atoms with Crippen molar-refractivity contribution in [2.75, 3.05) is 6.54 Å². The van der Waals surface area contributed by atoms with Gasteiger partial charge >= 0.3 is 0 Å². The molecule has 2 rings (SSSR count). The summed E-state index contributed by atoms with van der Waals surface area (Å²) >= 11 is 0. The third kappa shape index (κ3) is 3.81. The molecule has 1 atom stereocenters. The number of hydrogen-bond donors (Lipinski definition) is 2. The minimum absolute atomic E-state index is 0.120. The average molecular weight is 296 g/mol. The Balaban J connectivity index is 2.04. The van der Waals surface area contributed by atoms with Gasteiger partial charge in [0, 0.05) is 12.6 Å². The Kier molecular flexibility index (Phi) is 4.52. The standard InChI is InChI=1S/C15H24N2O2S/c1-12(17-11-15(2)8-3-4-9-15)13-6-5-7-14(10-13)20(16,18)19/h5-7,10,12,17H,3-4,8-9,11H2,1-2H3,(H2,16,18,19). The van der Waals surface area contributed by atoms with Gasteiger partial charge in [0.2, 0.25) is 10.0 Å². The Morgan fingerprint density at radius 3 is 2.60 bits per heavy atom. The van der Waals surface area contributed by atoms with Gasteiger partial charge in [-0.1, -0.05) is 31.9 Å². The number of primary sulfonamides is 1. The van der Waals surface area contributed by atoms with Gasteiger partial charge in [0.05, 0.1) is 4.90 Å². The first-order valence-electron chi connectivity index (χ1n) is 7.16. The molecule has 0 heterocycles. The largest absolute Gasteiger partial charge is 0.310 e. The molecular weight excluding hydrogens is 272 g/mol. The van der Waals surface area contributed by atoms with Gasteiger partial charge in [-0.25, -0.2) is 13.6 Å². The molecule has 0 amide bonds. The maximum Gasteiger partial charge on any atom is 0.238 e. The first-order chi connectivity index (χ1) is 9.30. The summed E-state index contributed by atoms with van der Waals surface area (Å²) in [7, 11) is -3.63. The highest BCUT2D eigenvalue weighted by molar-refractivity contribution is 7.89. The average Bonchev–Trinajstić information content (AvgIpc) is 2.83. The van der Waals surface area contributed by atoms with Gasteiger partial charge in [-0.05, 0) is 42.9 Å². The van der Waals surface area contributed by atoms with Crippen molar-refractivity contribution in [3.05, 3.63) is 29.8 Å². The van der Waals surface area contributed by atoms with Crippen LogP contribution in [0.1, 0.15) is 51.1 Å². The molecule has 0 radical (unpaired) electrons. The highest BCUT2D eigenvalue weighted by Gasteiger charge is 2.28. The molecule has 1 fully saturated rings. The van der Waals surface area contributed by atoms with Crippen LogP contribution in [-0.2, 0) is 10.0 Å². The summed E-state index contributed by atoms with van der Waals surface area (Å²) in [6, 6.07) is 6.98. The minimum atomic E-state index is -3.63. The molecule has 0 aromatic heterocycles. The van der Waals surface area contributed by atoms with Crippen molar-refractivity contribution in [2.45, 2.75) is 50.5 Å². The van der Waals surface area contributed by atoms with Crippen LogP contribution in [0.5, 0.6) is 0 Å². The van der Waals surface area contributed by atoms with E-state index < -0.39 is 10.0 Å². The topological polar surface area (TPSA) is 72.2 Å². The van der Waals surface area contributed by atoms with Crippen LogP contribution in [0, 0.1) is 5.41 Å². The quantitative estimate of drug-likeness (QED) is 0.877. The van der Waals surface area contributed by atoms with Gasteiger partial charge in [-0.3, -0.25) is 0 Å². The fourth-order valence-corrected chi connectivity index (χ4v) is 3.45. The van der Waals surface area contributed by atoms with Gasteiger partial charge in [-0.15, -0.1) is 0 Å². The number of sulfonamides is 1. The van der Waals surface area contributed by atoms with Crippen molar-refractivity contribution in [2.24, 2.45) is 10.6 Å². The predicted octanol–water partition coefficient (Wildman–Crippen LogP) is 2.56. The molecule has 1 unspecified atom stereocenters. The normalized spacial score (nSPS) is 19.9. The van der Waals surface area contributed by atoms with Crippen molar-refractivity contribution in [3.8, 4) is 0 Å². The van der Waals surface area contributed by atoms with E-state index >= 15 is 0 Å². The van der Waals surface area contributed by atoms with E-state index in [1.165, 1.54) is 31.7 Å². The number of benzene rings is 1. The second kappa shape index (κ2) is 5.84. The van der Waals surface area contributed by atoms with E-state index in [4.69, 9.17) is 5.14 Å². The molecule has 1 aromatic rings. The van der Waals surface area contributed by atoms with Crippen LogP contribution in [0.25, 0.3) is 0 Å². The van der Waals surface area contributed by atoms with E-state index in [1.54, 1.807) is 12.1 Å². The lowest BCUT2D eigenvalue weighted by Gasteiger charge is -2.26. The molecule has 1 aliphatic rings. The Morgan fingerprint density at radius 1 is 1.35 bits per heavy atom. The lowest BCUT2D eigenvalue weighted by molar-refractivity contribution is 0.302. The van der Waals surface area contributed by atoms with Gasteiger partial charge in [0.1, 0.15) is 0 Å². The van der Waals surface area contributed by atoms with Crippen molar-refractivity contribution in [3.63, 3.8) is 0 Å². The molecule has 1 aliphatic carbocycles. The van der Waals surface area contributed by atoms with Crippen molar-refractivity contribution in [1.29, 1.82) is 0 Å². The Bertz CT molecular complexity index is 563. The van der Waals surface area contributed by atoms with Gasteiger partial charge in [0.15, 0.2) is 0 Å². The molecule has 1 saturated carbocycles. The van der Waals surface area contributed by atoms with Crippen molar-refractivity contribution >= 4 is 10.0 Å². The number of rotatable bonds is 5. The monoisotopic (exact) mass is 296 g/mol. The lowest BCUT2D eigenvalue weighted by Crippen LogP contribution is -2.31. The van der Waals surface area contributed by atoms with Crippen LogP contribution in [0.2, 0.25) is 0 Å². The molecule has 0 spiro atoms. The second-order valence-electron chi connectivity index (χ2n) is 6.24. The van der Waals surface area contributed by atoms with Crippen LogP contribution in [-0.4, -0.2) is 15.0 Å². The van der Waals surface area contributed by atoms with Crippen LogP contribution in [0.15, 0.2) is 29.2 Å².